The van der Waals surface area contributed by atoms with Crippen LogP contribution in [0.15, 0.2) is 66.9 Å². The van der Waals surface area contributed by atoms with E-state index in [1.54, 1.807) is 43.5 Å². The first kappa shape index (κ1) is 20.9. The average Bonchev–Trinajstić information content (AvgIpc) is 2.74. The number of amides is 2. The molecule has 7 nitrogen and oxygen atoms in total. The number of phenolic OH excluding ortho intramolecular Hbond substituents is 1. The maximum Gasteiger partial charge on any atom is 0.313 e. The smallest absolute Gasteiger partial charge is 0.313 e. The molecule has 7 heteroatoms. The van der Waals surface area contributed by atoms with Gasteiger partial charge in [-0.3, -0.25) is 14.6 Å². The Kier molecular flexibility index (Phi) is 6.64. The van der Waals surface area contributed by atoms with Gasteiger partial charge < -0.3 is 20.5 Å². The Morgan fingerprint density at radius 3 is 2.60 bits per heavy atom. The van der Waals surface area contributed by atoms with Gasteiger partial charge in [-0.15, -0.1) is 0 Å². The first-order valence-electron chi connectivity index (χ1n) is 9.45. The van der Waals surface area contributed by atoms with Gasteiger partial charge in [0.05, 0.1) is 18.5 Å². The Morgan fingerprint density at radius 2 is 1.90 bits per heavy atom. The van der Waals surface area contributed by atoms with E-state index in [0.29, 0.717) is 17.9 Å². The molecule has 0 aliphatic carbocycles. The van der Waals surface area contributed by atoms with Crippen molar-refractivity contribution < 1.29 is 19.4 Å². The van der Waals surface area contributed by atoms with Crippen LogP contribution in [-0.2, 0) is 16.0 Å². The van der Waals surface area contributed by atoms with Crippen molar-refractivity contribution in [1.82, 2.24) is 10.3 Å². The number of pyridine rings is 1. The number of rotatable bonds is 6. The normalized spacial score (nSPS) is 11.4. The van der Waals surface area contributed by atoms with Gasteiger partial charge in [-0.1, -0.05) is 18.2 Å². The van der Waals surface area contributed by atoms with Gasteiger partial charge in [0.2, 0.25) is 0 Å². The summed E-state index contributed by atoms with van der Waals surface area (Å²) in [5.74, 6) is -0.963. The van der Waals surface area contributed by atoms with E-state index in [0.717, 1.165) is 16.8 Å². The van der Waals surface area contributed by atoms with Crippen molar-refractivity contribution in [1.29, 1.82) is 0 Å². The number of carbonyl (C=O) groups excluding carboxylic acids is 2. The molecule has 3 N–H and O–H groups in total. The molecule has 2 amide bonds. The molecule has 0 spiro atoms. The number of anilines is 1. The fraction of sp³-hybridized carbons (Fsp3) is 0.174. The number of hydrogen-bond donors (Lipinski definition) is 3. The highest BCUT2D eigenvalue weighted by Gasteiger charge is 2.19. The molecule has 0 saturated carbocycles. The fourth-order valence-electron chi connectivity index (χ4n) is 3.05. The number of aromatic hydroxyl groups is 1. The molecule has 0 aliphatic rings. The van der Waals surface area contributed by atoms with E-state index < -0.39 is 11.8 Å². The molecular weight excluding hydrogens is 382 g/mol. The van der Waals surface area contributed by atoms with E-state index in [2.05, 4.69) is 15.6 Å². The first-order valence-corrected chi connectivity index (χ1v) is 9.45. The Hall–Kier alpha value is -3.87. The van der Waals surface area contributed by atoms with Gasteiger partial charge in [-0.25, -0.2) is 0 Å². The zero-order chi connectivity index (χ0) is 21.5. The van der Waals surface area contributed by atoms with E-state index in [4.69, 9.17) is 4.74 Å². The molecule has 0 fully saturated rings. The van der Waals surface area contributed by atoms with Crippen LogP contribution < -0.4 is 15.4 Å². The molecule has 0 bridgehead atoms. The minimum atomic E-state index is -0.797. The third kappa shape index (κ3) is 5.35. The van der Waals surface area contributed by atoms with Gasteiger partial charge >= 0.3 is 11.8 Å². The van der Waals surface area contributed by atoms with Crippen LogP contribution in [0.2, 0.25) is 0 Å². The number of hydrogen-bond acceptors (Lipinski definition) is 5. The topological polar surface area (TPSA) is 101 Å². The molecule has 1 unspecified atom stereocenters. The van der Waals surface area contributed by atoms with Crippen LogP contribution in [0, 0.1) is 0 Å². The summed E-state index contributed by atoms with van der Waals surface area (Å²) in [6.45, 7) is 1.79. The summed E-state index contributed by atoms with van der Waals surface area (Å²) in [5.41, 5.74) is 2.75. The van der Waals surface area contributed by atoms with Gasteiger partial charge in [-0.2, -0.15) is 0 Å². The van der Waals surface area contributed by atoms with Gasteiger partial charge in [-0.05, 0) is 61.4 Å². The van der Waals surface area contributed by atoms with Crippen molar-refractivity contribution >= 4 is 17.5 Å². The zero-order valence-corrected chi connectivity index (χ0v) is 16.8. The number of nitrogens with one attached hydrogen (secondary N) is 2. The number of phenols is 1. The predicted octanol–water partition coefficient (Wildman–Crippen LogP) is 3.15. The summed E-state index contributed by atoms with van der Waals surface area (Å²) < 4.78 is 5.30. The Morgan fingerprint density at radius 1 is 1.07 bits per heavy atom. The molecule has 1 heterocycles. The summed E-state index contributed by atoms with van der Waals surface area (Å²) in [7, 11) is 1.49. The van der Waals surface area contributed by atoms with Crippen molar-refractivity contribution in [2.75, 3.05) is 12.4 Å². The summed E-state index contributed by atoms with van der Waals surface area (Å²) in [5, 5.41) is 14.8. The predicted molar refractivity (Wildman–Crippen MR) is 114 cm³/mol. The van der Waals surface area contributed by atoms with Gasteiger partial charge in [0, 0.05) is 17.8 Å². The molecule has 0 radical (unpaired) electrons. The van der Waals surface area contributed by atoms with Gasteiger partial charge in [0.15, 0.2) is 0 Å². The number of carbonyl (C=O) groups is 2. The highest BCUT2D eigenvalue weighted by atomic mass is 16.5. The number of nitrogens with zero attached hydrogens (tertiary/aromatic N) is 1. The van der Waals surface area contributed by atoms with Crippen molar-refractivity contribution in [3.8, 4) is 22.8 Å². The number of aromatic nitrogens is 1. The maximum absolute atomic E-state index is 12.4. The molecule has 2 aromatic carbocycles. The molecule has 3 rings (SSSR count). The third-order valence-corrected chi connectivity index (χ3v) is 4.44. The number of benzene rings is 2. The molecular formula is C23H23N3O4. The Bertz CT molecular complexity index is 1040. The van der Waals surface area contributed by atoms with Crippen LogP contribution in [0.3, 0.4) is 0 Å². The lowest BCUT2D eigenvalue weighted by molar-refractivity contribution is -0.136. The van der Waals surface area contributed by atoms with Crippen LogP contribution in [-0.4, -0.2) is 35.1 Å². The fourth-order valence-corrected chi connectivity index (χ4v) is 3.05. The molecule has 154 valence electrons. The summed E-state index contributed by atoms with van der Waals surface area (Å²) in [4.78, 5) is 29.1. The van der Waals surface area contributed by atoms with E-state index in [9.17, 15) is 14.7 Å². The monoisotopic (exact) mass is 405 g/mol. The highest BCUT2D eigenvalue weighted by Crippen LogP contribution is 2.29. The molecule has 0 saturated heterocycles. The lowest BCUT2D eigenvalue weighted by Gasteiger charge is -2.15. The molecule has 1 atom stereocenters. The van der Waals surface area contributed by atoms with Crippen LogP contribution in [0.4, 0.5) is 5.69 Å². The lowest BCUT2D eigenvalue weighted by Crippen LogP contribution is -2.41. The second kappa shape index (κ2) is 9.56. The zero-order valence-electron chi connectivity index (χ0n) is 16.8. The second-order valence-corrected chi connectivity index (χ2v) is 6.83. The number of ether oxygens (including phenoxy) is 1. The largest absolute Gasteiger partial charge is 0.508 e. The summed E-state index contributed by atoms with van der Waals surface area (Å²) in [6.07, 6.45) is 2.16. The van der Waals surface area contributed by atoms with E-state index in [-0.39, 0.29) is 11.8 Å². The van der Waals surface area contributed by atoms with E-state index in [1.807, 2.05) is 30.3 Å². The second-order valence-electron chi connectivity index (χ2n) is 6.83. The first-order chi connectivity index (χ1) is 14.5. The minimum absolute atomic E-state index is 0.156. The minimum Gasteiger partial charge on any atom is -0.508 e. The van der Waals surface area contributed by atoms with Gasteiger partial charge in [0.25, 0.3) is 0 Å². The summed E-state index contributed by atoms with van der Waals surface area (Å²) >= 11 is 0. The van der Waals surface area contributed by atoms with E-state index in [1.165, 1.54) is 7.11 Å². The molecule has 30 heavy (non-hydrogen) atoms. The van der Waals surface area contributed by atoms with E-state index >= 15 is 0 Å². The van der Waals surface area contributed by atoms with Crippen LogP contribution in [0.25, 0.3) is 11.3 Å². The average molecular weight is 405 g/mol. The maximum atomic E-state index is 12.4. The van der Waals surface area contributed by atoms with Crippen molar-refractivity contribution in [2.24, 2.45) is 0 Å². The molecule has 1 aromatic heterocycles. The molecule has 3 aromatic rings. The summed E-state index contributed by atoms with van der Waals surface area (Å²) in [6, 6.07) is 17.3. The Balaban J connectivity index is 1.67. The lowest BCUT2D eigenvalue weighted by atomic mass is 10.1. The van der Waals surface area contributed by atoms with Crippen LogP contribution >= 0.6 is 0 Å². The standard InChI is InChI=1S/C23H23N3O4/c1-15(12-16-6-5-7-18(27)13-16)25-22(28)23(29)26-20-14-17(9-10-21(20)30-2)19-8-3-4-11-24-19/h3-11,13-15,27H,12H2,1-2H3,(H,25,28)(H,26,29). The number of methoxy groups -OCH3 is 1. The highest BCUT2D eigenvalue weighted by molar-refractivity contribution is 6.39. The van der Waals surface area contributed by atoms with Crippen molar-refractivity contribution in [3.05, 3.63) is 72.4 Å². The Labute approximate surface area is 174 Å². The molecule has 0 aliphatic heterocycles. The third-order valence-electron chi connectivity index (χ3n) is 4.44. The quantitative estimate of drug-likeness (QED) is 0.547. The van der Waals surface area contributed by atoms with Gasteiger partial charge in [0.1, 0.15) is 11.5 Å². The SMILES string of the molecule is COc1ccc(-c2ccccn2)cc1NC(=O)C(=O)NC(C)Cc1cccc(O)c1. The van der Waals surface area contributed by atoms with Crippen molar-refractivity contribution in [3.63, 3.8) is 0 Å². The van der Waals surface area contributed by atoms with Crippen LogP contribution in [0.1, 0.15) is 12.5 Å². The van der Waals surface area contributed by atoms with Crippen LogP contribution in [0.5, 0.6) is 11.5 Å². The van der Waals surface area contributed by atoms with Crippen molar-refractivity contribution in [2.45, 2.75) is 19.4 Å².